The standard InChI is InChI=1S/C36H39N9O3Si/c1-23-15-16-44-31(23)36(46)45(28-13-8-7-9-14-28)33(42-44)24(2)39-32-30-29(26-11-10-12-27(19-26)35-41-40-25(3)48-35)20-43(34(30)38-21-37-32)22-47-17-18-49(4,5)6/h7-16,19-21,24H,17-18,22H2,1-6H3,(H,37,38,39)/t24-/m0/s1. The number of rotatable bonds is 11. The fourth-order valence-electron chi connectivity index (χ4n) is 5.93. The number of anilines is 1. The van der Waals surface area contributed by atoms with E-state index in [1.54, 1.807) is 22.3 Å². The molecule has 12 nitrogen and oxygen atoms in total. The second-order valence-corrected chi connectivity index (χ2v) is 19.1. The maximum atomic E-state index is 14.0. The molecule has 0 aliphatic carbocycles. The van der Waals surface area contributed by atoms with Crippen molar-refractivity contribution < 1.29 is 9.15 Å². The predicted octanol–water partition coefficient (Wildman–Crippen LogP) is 7.05. The van der Waals surface area contributed by atoms with Crippen LogP contribution in [0.5, 0.6) is 0 Å². The fraction of sp³-hybridized carbons (Fsp3) is 0.278. The van der Waals surface area contributed by atoms with Crippen LogP contribution < -0.4 is 10.9 Å². The molecule has 1 N–H and O–H groups in total. The van der Waals surface area contributed by atoms with E-state index < -0.39 is 14.1 Å². The zero-order chi connectivity index (χ0) is 34.3. The molecule has 0 bridgehead atoms. The molecule has 1 atom stereocenters. The first-order valence-electron chi connectivity index (χ1n) is 16.3. The SMILES string of the molecule is Cc1nnc(-c2cccc(-c3cn(COCC[Si](C)(C)C)c4ncnc(N[C@@H](C)c5nn6ccc(C)c6c(=O)n5-c5ccccc5)c34)c2)o1. The highest BCUT2D eigenvalue weighted by atomic mass is 28.3. The summed E-state index contributed by atoms with van der Waals surface area (Å²) in [5.41, 5.74) is 5.34. The summed E-state index contributed by atoms with van der Waals surface area (Å²) in [4.78, 5) is 23.5. The van der Waals surface area contributed by atoms with Gasteiger partial charge in [-0.1, -0.05) is 50.0 Å². The minimum atomic E-state index is -1.26. The second-order valence-electron chi connectivity index (χ2n) is 13.5. The first-order valence-corrected chi connectivity index (χ1v) is 20.0. The van der Waals surface area contributed by atoms with Crippen molar-refractivity contribution in [2.45, 2.75) is 59.2 Å². The fourth-order valence-corrected chi connectivity index (χ4v) is 6.69. The van der Waals surface area contributed by atoms with Gasteiger partial charge in [-0.05, 0) is 61.4 Å². The topological polar surface area (TPSA) is 130 Å². The highest BCUT2D eigenvalue weighted by Gasteiger charge is 2.23. The van der Waals surface area contributed by atoms with Crippen molar-refractivity contribution in [1.29, 1.82) is 0 Å². The molecule has 0 saturated heterocycles. The average Bonchev–Trinajstić information content (AvgIpc) is 3.80. The van der Waals surface area contributed by atoms with Gasteiger partial charge in [-0.2, -0.15) is 5.10 Å². The number of benzene rings is 2. The Balaban J connectivity index is 1.34. The third kappa shape index (κ3) is 6.42. The van der Waals surface area contributed by atoms with Crippen molar-refractivity contribution in [3.05, 3.63) is 107 Å². The molecule has 0 amide bonds. The van der Waals surface area contributed by atoms with E-state index in [0.29, 0.717) is 42.3 Å². The Morgan fingerprint density at radius 1 is 0.980 bits per heavy atom. The van der Waals surface area contributed by atoms with Gasteiger partial charge >= 0.3 is 0 Å². The number of ether oxygens (including phenoxy) is 1. The van der Waals surface area contributed by atoms with E-state index in [1.165, 1.54) is 0 Å². The van der Waals surface area contributed by atoms with Crippen molar-refractivity contribution in [2.24, 2.45) is 0 Å². The molecule has 0 fully saturated rings. The average molecular weight is 674 g/mol. The highest BCUT2D eigenvalue weighted by Crippen LogP contribution is 2.36. The summed E-state index contributed by atoms with van der Waals surface area (Å²) in [7, 11) is -1.26. The molecule has 0 aliphatic rings. The van der Waals surface area contributed by atoms with Crippen molar-refractivity contribution >= 4 is 30.4 Å². The van der Waals surface area contributed by atoms with E-state index >= 15 is 0 Å². The summed E-state index contributed by atoms with van der Waals surface area (Å²) in [5.74, 6) is 2.08. The van der Waals surface area contributed by atoms with Crippen LogP contribution in [0.4, 0.5) is 5.82 Å². The van der Waals surface area contributed by atoms with Gasteiger partial charge in [0, 0.05) is 45.1 Å². The van der Waals surface area contributed by atoms with Crippen LogP contribution in [0.25, 0.3) is 44.8 Å². The molecule has 2 aromatic carbocycles. The molecule has 7 rings (SSSR count). The Hall–Kier alpha value is -5.40. The van der Waals surface area contributed by atoms with Gasteiger partial charge in [0.1, 0.15) is 30.0 Å². The van der Waals surface area contributed by atoms with Crippen LogP contribution in [0.1, 0.15) is 30.2 Å². The third-order valence-electron chi connectivity index (χ3n) is 8.50. The lowest BCUT2D eigenvalue weighted by Gasteiger charge is -2.20. The molecule has 49 heavy (non-hydrogen) atoms. The largest absolute Gasteiger partial charge is 0.421 e. The summed E-state index contributed by atoms with van der Waals surface area (Å²) >= 11 is 0. The molecule has 7 aromatic rings. The van der Waals surface area contributed by atoms with Crippen LogP contribution in [-0.2, 0) is 11.5 Å². The Bertz CT molecular complexity index is 2330. The van der Waals surface area contributed by atoms with Crippen LogP contribution in [0, 0.1) is 13.8 Å². The smallest absolute Gasteiger partial charge is 0.282 e. The van der Waals surface area contributed by atoms with E-state index in [9.17, 15) is 4.79 Å². The molecule has 0 spiro atoms. The summed E-state index contributed by atoms with van der Waals surface area (Å²) < 4.78 is 17.3. The molecular weight excluding hydrogens is 635 g/mol. The lowest BCUT2D eigenvalue weighted by Crippen LogP contribution is -2.29. The Labute approximate surface area is 284 Å². The van der Waals surface area contributed by atoms with Crippen LogP contribution in [0.15, 0.2) is 88.6 Å². The maximum Gasteiger partial charge on any atom is 0.282 e. The molecule has 5 aromatic heterocycles. The van der Waals surface area contributed by atoms with E-state index in [-0.39, 0.29) is 5.56 Å². The molecule has 0 aliphatic heterocycles. The lowest BCUT2D eigenvalue weighted by atomic mass is 10.0. The van der Waals surface area contributed by atoms with Crippen molar-refractivity contribution in [1.82, 2.24) is 38.9 Å². The van der Waals surface area contributed by atoms with Gasteiger partial charge in [0.25, 0.3) is 5.56 Å². The van der Waals surface area contributed by atoms with Crippen molar-refractivity contribution in [2.75, 3.05) is 11.9 Å². The zero-order valence-corrected chi connectivity index (χ0v) is 29.5. The molecule has 5 heterocycles. The molecule has 250 valence electrons. The summed E-state index contributed by atoms with van der Waals surface area (Å²) in [6.07, 6.45) is 5.42. The monoisotopic (exact) mass is 673 g/mol. The van der Waals surface area contributed by atoms with E-state index in [1.807, 2.05) is 85.3 Å². The van der Waals surface area contributed by atoms with Gasteiger partial charge in [-0.15, -0.1) is 10.2 Å². The normalized spacial score (nSPS) is 12.6. The summed E-state index contributed by atoms with van der Waals surface area (Å²) in [5, 5.41) is 17.6. The van der Waals surface area contributed by atoms with Gasteiger partial charge in [0.05, 0.1) is 17.1 Å². The minimum absolute atomic E-state index is 0.143. The number of hydrogen-bond donors (Lipinski definition) is 1. The second kappa shape index (κ2) is 12.9. The first kappa shape index (κ1) is 32.2. The van der Waals surface area contributed by atoms with Crippen LogP contribution >= 0.6 is 0 Å². The lowest BCUT2D eigenvalue weighted by molar-refractivity contribution is 0.0899. The van der Waals surface area contributed by atoms with Gasteiger partial charge in [0.15, 0.2) is 5.82 Å². The van der Waals surface area contributed by atoms with Gasteiger partial charge in [0.2, 0.25) is 11.8 Å². The van der Waals surface area contributed by atoms with Crippen molar-refractivity contribution in [3.63, 3.8) is 0 Å². The van der Waals surface area contributed by atoms with E-state index in [0.717, 1.165) is 45.0 Å². The molecular formula is C36H39N9O3Si. The number of aromatic nitrogens is 8. The number of hydrogen-bond acceptors (Lipinski definition) is 9. The molecule has 0 saturated carbocycles. The van der Waals surface area contributed by atoms with Gasteiger partial charge < -0.3 is 19.0 Å². The van der Waals surface area contributed by atoms with E-state index in [4.69, 9.17) is 24.2 Å². The number of para-hydroxylation sites is 1. The van der Waals surface area contributed by atoms with E-state index in [2.05, 4.69) is 41.4 Å². The maximum absolute atomic E-state index is 14.0. The van der Waals surface area contributed by atoms with Gasteiger partial charge in [-0.3, -0.25) is 9.36 Å². The summed E-state index contributed by atoms with van der Waals surface area (Å²) in [6.45, 7) is 13.7. The Kier molecular flexibility index (Phi) is 8.46. The van der Waals surface area contributed by atoms with Crippen molar-refractivity contribution in [3.8, 4) is 28.3 Å². The molecule has 0 radical (unpaired) electrons. The minimum Gasteiger partial charge on any atom is -0.421 e. The molecule has 13 heteroatoms. The van der Waals surface area contributed by atoms with Crippen LogP contribution in [0.2, 0.25) is 25.7 Å². The Morgan fingerprint density at radius 2 is 1.78 bits per heavy atom. The predicted molar refractivity (Wildman–Crippen MR) is 193 cm³/mol. The number of nitrogens with zero attached hydrogens (tertiary/aromatic N) is 8. The number of fused-ring (bicyclic) bond motifs is 2. The molecule has 0 unspecified atom stereocenters. The quantitative estimate of drug-likeness (QED) is 0.113. The third-order valence-corrected chi connectivity index (χ3v) is 10.2. The van der Waals surface area contributed by atoms with Crippen LogP contribution in [-0.4, -0.2) is 53.6 Å². The number of aryl methyl sites for hydroxylation is 2. The highest BCUT2D eigenvalue weighted by molar-refractivity contribution is 6.76. The first-order chi connectivity index (χ1) is 23.6. The summed E-state index contributed by atoms with van der Waals surface area (Å²) in [6, 6.07) is 20.1. The van der Waals surface area contributed by atoms with Gasteiger partial charge in [-0.25, -0.2) is 14.5 Å². The van der Waals surface area contributed by atoms with Crippen LogP contribution in [0.3, 0.4) is 0 Å². The Morgan fingerprint density at radius 3 is 2.53 bits per heavy atom. The zero-order valence-electron chi connectivity index (χ0n) is 28.5. The number of nitrogens with one attached hydrogen (secondary N) is 1.